The minimum Gasteiger partial charge on any atom is -0.0656 e. The third-order valence-corrected chi connectivity index (χ3v) is 2.20. The molecule has 0 radical (unpaired) electrons. The average Bonchev–Trinajstić information content (AvgIpc) is 2.06. The fraction of sp³-hybridized carbons (Fsp3) is 1.00. The molecule has 1 rings (SSSR count). The molecule has 0 aromatic rings. The Labute approximate surface area is 92.5 Å². The van der Waals surface area contributed by atoms with Crippen molar-refractivity contribution in [3.63, 3.8) is 0 Å². The van der Waals surface area contributed by atoms with Crippen LogP contribution in [-0.2, 0) is 0 Å². The molecule has 1 fully saturated rings. The fourth-order valence-electron chi connectivity index (χ4n) is 1.74. The molecule has 1 aliphatic rings. The molecule has 0 saturated heterocycles. The predicted octanol–water partition coefficient (Wildman–Crippen LogP) is 5.67. The summed E-state index contributed by atoms with van der Waals surface area (Å²) in [5.74, 6) is 2.03. The molecule has 0 nitrogen and oxygen atoms in total. The van der Waals surface area contributed by atoms with Crippen molar-refractivity contribution in [3.05, 3.63) is 0 Å². The van der Waals surface area contributed by atoms with Crippen LogP contribution in [0.1, 0.15) is 80.1 Å². The summed E-state index contributed by atoms with van der Waals surface area (Å²) >= 11 is 0. The van der Waals surface area contributed by atoms with E-state index in [2.05, 4.69) is 41.5 Å². The van der Waals surface area contributed by atoms with Crippen molar-refractivity contribution in [2.75, 3.05) is 0 Å². The molecule has 0 spiro atoms. The Balaban J connectivity index is 0. The first-order chi connectivity index (χ1) is 6.62. The van der Waals surface area contributed by atoms with Crippen LogP contribution in [0.3, 0.4) is 0 Å². The lowest BCUT2D eigenvalue weighted by atomic mass is 9.84. The lowest BCUT2D eigenvalue weighted by Crippen LogP contribution is -2.09. The third-order valence-electron chi connectivity index (χ3n) is 2.20. The van der Waals surface area contributed by atoms with Crippen LogP contribution in [0.2, 0.25) is 0 Å². The second-order valence-corrected chi connectivity index (χ2v) is 4.79. The molecule has 0 N–H and O–H groups in total. The van der Waals surface area contributed by atoms with Gasteiger partial charge in [-0.25, -0.2) is 0 Å². The standard InChI is InChI=1S/C8H16.2C3H8/c1-7-4-3-5-8(2)6-7;2*1-3-2/h7-8H,3-6H2,1-2H3;2*3H2,1-2H3. The first kappa shape index (κ1) is 16.4. The maximum absolute atomic E-state index is 2.37. The van der Waals surface area contributed by atoms with E-state index in [1.54, 1.807) is 0 Å². The van der Waals surface area contributed by atoms with Crippen molar-refractivity contribution in [2.45, 2.75) is 80.1 Å². The molecule has 1 saturated carbocycles. The quantitative estimate of drug-likeness (QED) is 0.473. The second-order valence-electron chi connectivity index (χ2n) is 4.79. The normalized spacial score (nSPS) is 25.3. The highest BCUT2D eigenvalue weighted by Gasteiger charge is 2.13. The molecular weight excluding hydrogens is 168 g/mol. The van der Waals surface area contributed by atoms with E-state index in [-0.39, 0.29) is 0 Å². The number of hydrogen-bond donors (Lipinski definition) is 0. The van der Waals surface area contributed by atoms with E-state index >= 15 is 0 Å². The zero-order valence-electron chi connectivity index (χ0n) is 11.4. The lowest BCUT2D eigenvalue weighted by Gasteiger charge is -2.22. The maximum Gasteiger partial charge on any atom is -0.0440 e. The second kappa shape index (κ2) is 13.0. The van der Waals surface area contributed by atoms with Crippen molar-refractivity contribution < 1.29 is 0 Å². The summed E-state index contributed by atoms with van der Waals surface area (Å²) in [5.41, 5.74) is 0. The molecule has 0 heteroatoms. The first-order valence-electron chi connectivity index (χ1n) is 6.62. The molecule has 0 heterocycles. The molecular formula is C14H32. The molecule has 1 aliphatic carbocycles. The van der Waals surface area contributed by atoms with Crippen molar-refractivity contribution in [2.24, 2.45) is 11.8 Å². The van der Waals surface area contributed by atoms with E-state index in [9.17, 15) is 0 Å². The molecule has 88 valence electrons. The van der Waals surface area contributed by atoms with Crippen LogP contribution in [0.15, 0.2) is 0 Å². The summed E-state index contributed by atoms with van der Waals surface area (Å²) in [5, 5.41) is 0. The van der Waals surface area contributed by atoms with Gasteiger partial charge in [-0.15, -0.1) is 0 Å². The van der Waals surface area contributed by atoms with E-state index in [0.717, 1.165) is 11.8 Å². The summed E-state index contributed by atoms with van der Waals surface area (Å²) < 4.78 is 0. The SMILES string of the molecule is CC1CCCC(C)C1.CCC.CCC. The van der Waals surface area contributed by atoms with Gasteiger partial charge in [-0.2, -0.15) is 0 Å². The summed E-state index contributed by atoms with van der Waals surface area (Å²) in [7, 11) is 0. The topological polar surface area (TPSA) is 0 Å². The highest BCUT2D eigenvalue weighted by Crippen LogP contribution is 2.27. The molecule has 0 aromatic carbocycles. The Hall–Kier alpha value is 0. The van der Waals surface area contributed by atoms with Crippen molar-refractivity contribution >= 4 is 0 Å². The monoisotopic (exact) mass is 200 g/mol. The van der Waals surface area contributed by atoms with Crippen LogP contribution in [0, 0.1) is 11.8 Å². The number of hydrogen-bond acceptors (Lipinski definition) is 0. The van der Waals surface area contributed by atoms with Gasteiger partial charge >= 0.3 is 0 Å². The summed E-state index contributed by atoms with van der Waals surface area (Å²) in [4.78, 5) is 0. The van der Waals surface area contributed by atoms with E-state index < -0.39 is 0 Å². The lowest BCUT2D eigenvalue weighted by molar-refractivity contribution is 0.301. The largest absolute Gasteiger partial charge is 0.0656 e. The van der Waals surface area contributed by atoms with E-state index in [1.807, 2.05) is 0 Å². The summed E-state index contributed by atoms with van der Waals surface area (Å²) in [6.45, 7) is 13.2. The molecule has 2 atom stereocenters. The van der Waals surface area contributed by atoms with E-state index in [0.29, 0.717) is 0 Å². The number of rotatable bonds is 0. The van der Waals surface area contributed by atoms with Crippen molar-refractivity contribution in [1.29, 1.82) is 0 Å². The van der Waals surface area contributed by atoms with Gasteiger partial charge in [0.05, 0.1) is 0 Å². The predicted molar refractivity (Wildman–Crippen MR) is 68.7 cm³/mol. The minimum atomic E-state index is 1.01. The Kier molecular flexibility index (Phi) is 15.3. The van der Waals surface area contributed by atoms with Crippen LogP contribution in [-0.4, -0.2) is 0 Å². The fourth-order valence-corrected chi connectivity index (χ4v) is 1.74. The van der Waals surface area contributed by atoms with E-state index in [1.165, 1.54) is 38.5 Å². The molecule has 2 unspecified atom stereocenters. The van der Waals surface area contributed by atoms with Crippen molar-refractivity contribution in [3.8, 4) is 0 Å². The zero-order chi connectivity index (χ0) is 11.4. The average molecular weight is 200 g/mol. The Morgan fingerprint density at radius 1 is 0.786 bits per heavy atom. The minimum absolute atomic E-state index is 1.01. The maximum atomic E-state index is 2.37. The molecule has 0 aromatic heterocycles. The Morgan fingerprint density at radius 3 is 1.21 bits per heavy atom. The molecule has 0 aliphatic heterocycles. The van der Waals surface area contributed by atoms with Gasteiger partial charge < -0.3 is 0 Å². The summed E-state index contributed by atoms with van der Waals surface area (Å²) in [6.07, 6.45) is 8.40. The first-order valence-corrected chi connectivity index (χ1v) is 6.62. The van der Waals surface area contributed by atoms with Gasteiger partial charge in [-0.3, -0.25) is 0 Å². The van der Waals surface area contributed by atoms with Crippen LogP contribution in [0.25, 0.3) is 0 Å². The van der Waals surface area contributed by atoms with Gasteiger partial charge in [-0.1, -0.05) is 73.6 Å². The smallest absolute Gasteiger partial charge is 0.0440 e. The van der Waals surface area contributed by atoms with Gasteiger partial charge in [0.15, 0.2) is 0 Å². The summed E-state index contributed by atoms with van der Waals surface area (Å²) in [6, 6.07) is 0. The molecule has 0 amide bonds. The van der Waals surface area contributed by atoms with Gasteiger partial charge in [0, 0.05) is 0 Å². The van der Waals surface area contributed by atoms with Crippen LogP contribution in [0.4, 0.5) is 0 Å². The molecule has 0 bridgehead atoms. The highest BCUT2D eigenvalue weighted by atomic mass is 14.2. The van der Waals surface area contributed by atoms with Crippen molar-refractivity contribution in [1.82, 2.24) is 0 Å². The van der Waals surface area contributed by atoms with Crippen LogP contribution < -0.4 is 0 Å². The van der Waals surface area contributed by atoms with Gasteiger partial charge in [0.2, 0.25) is 0 Å². The Morgan fingerprint density at radius 2 is 1.07 bits per heavy atom. The van der Waals surface area contributed by atoms with Gasteiger partial charge in [0.1, 0.15) is 0 Å². The van der Waals surface area contributed by atoms with Gasteiger partial charge in [-0.05, 0) is 18.3 Å². The van der Waals surface area contributed by atoms with Crippen LogP contribution in [0.5, 0.6) is 0 Å². The van der Waals surface area contributed by atoms with E-state index in [4.69, 9.17) is 0 Å². The highest BCUT2D eigenvalue weighted by molar-refractivity contribution is 4.66. The van der Waals surface area contributed by atoms with Gasteiger partial charge in [0.25, 0.3) is 0 Å². The van der Waals surface area contributed by atoms with Crippen LogP contribution >= 0.6 is 0 Å². The zero-order valence-corrected chi connectivity index (χ0v) is 11.4. The Bertz CT molecular complexity index is 76.0. The molecule has 14 heavy (non-hydrogen) atoms. The third kappa shape index (κ3) is 14.5.